The molecule has 0 aliphatic carbocycles. The fourth-order valence-electron chi connectivity index (χ4n) is 3.32. The predicted octanol–water partition coefficient (Wildman–Crippen LogP) is 4.27. The van der Waals surface area contributed by atoms with E-state index in [1.807, 2.05) is 60.0 Å². The van der Waals surface area contributed by atoms with Crippen molar-refractivity contribution >= 4 is 40.3 Å². The molecule has 0 spiro atoms. The summed E-state index contributed by atoms with van der Waals surface area (Å²) in [4.78, 5) is 14.1. The normalized spacial score (nSPS) is 12.3. The number of aliphatic hydroxyl groups excluding tert-OH is 1. The molecule has 0 radical (unpaired) electrons. The van der Waals surface area contributed by atoms with E-state index in [2.05, 4.69) is 15.5 Å². The number of thiophene rings is 1. The average molecular weight is 420 g/mol. The molecule has 6 nitrogen and oxygen atoms in total. The number of hydrogen-bond donors (Lipinski definition) is 3. The molecule has 0 aliphatic rings. The van der Waals surface area contributed by atoms with Gasteiger partial charge in [-0.2, -0.15) is 5.10 Å². The molecule has 2 heterocycles. The Hall–Kier alpha value is -3.42. The molecule has 3 N–H and O–H groups in total. The molecule has 0 bridgehead atoms. The van der Waals surface area contributed by atoms with Crippen molar-refractivity contribution in [2.75, 3.05) is 13.7 Å². The van der Waals surface area contributed by atoms with Crippen LogP contribution in [0, 0.1) is 0 Å². The Balaban J connectivity index is 1.68. The third-order valence-electron chi connectivity index (χ3n) is 4.80. The third-order valence-corrected chi connectivity index (χ3v) is 5.64. The molecule has 0 aliphatic heterocycles. The number of carbonyl (C=O) groups excluding carboxylic acids is 1. The predicted molar refractivity (Wildman–Crippen MR) is 120 cm³/mol. The number of methoxy groups -OCH3 is 1. The van der Waals surface area contributed by atoms with E-state index in [-0.39, 0.29) is 12.5 Å². The number of hydrogen-bond acceptors (Lipinski definition) is 5. The van der Waals surface area contributed by atoms with Crippen LogP contribution in [-0.4, -0.2) is 34.9 Å². The van der Waals surface area contributed by atoms with Crippen molar-refractivity contribution in [1.82, 2.24) is 15.5 Å². The van der Waals surface area contributed by atoms with Crippen LogP contribution in [-0.2, 0) is 0 Å². The smallest absolute Gasteiger partial charge is 0.255 e. The van der Waals surface area contributed by atoms with Crippen LogP contribution in [0.2, 0.25) is 0 Å². The van der Waals surface area contributed by atoms with Gasteiger partial charge in [0.05, 0.1) is 41.9 Å². The number of ether oxygens (including phenoxy) is 1. The summed E-state index contributed by atoms with van der Waals surface area (Å²) < 4.78 is 5.62. The number of nitrogens with zero attached hydrogens (tertiary/aromatic N) is 1. The standard InChI is InChI=1S/C23H21N3O3S/c1-29-22-17(23(28)24-20(14-27)15-6-3-2-4-7-15)10-12-19-21(22)18(25-26-19)11-9-16-8-5-13-30-16/h2-13,20,27H,14H2,1H3,(H,24,28)(H,25,26)/b11-9+. The van der Waals surface area contributed by atoms with Gasteiger partial charge in [-0.3, -0.25) is 9.89 Å². The number of benzene rings is 2. The molecular formula is C23H21N3O3S. The van der Waals surface area contributed by atoms with Crippen LogP contribution in [0.3, 0.4) is 0 Å². The number of aromatic nitrogens is 2. The molecule has 7 heteroatoms. The largest absolute Gasteiger partial charge is 0.495 e. The molecule has 30 heavy (non-hydrogen) atoms. The van der Waals surface area contributed by atoms with Crippen molar-refractivity contribution in [2.45, 2.75) is 6.04 Å². The molecule has 4 rings (SSSR count). The maximum atomic E-state index is 13.0. The van der Waals surface area contributed by atoms with Gasteiger partial charge in [0.15, 0.2) is 0 Å². The van der Waals surface area contributed by atoms with Gasteiger partial charge in [0, 0.05) is 4.88 Å². The van der Waals surface area contributed by atoms with E-state index in [0.717, 1.165) is 21.5 Å². The van der Waals surface area contributed by atoms with Gasteiger partial charge in [-0.25, -0.2) is 0 Å². The Morgan fingerprint density at radius 1 is 1.20 bits per heavy atom. The minimum Gasteiger partial charge on any atom is -0.495 e. The molecule has 0 saturated heterocycles. The van der Waals surface area contributed by atoms with Crippen LogP contribution >= 0.6 is 11.3 Å². The molecule has 152 valence electrons. The highest BCUT2D eigenvalue weighted by Gasteiger charge is 2.21. The zero-order chi connectivity index (χ0) is 20.9. The lowest BCUT2D eigenvalue weighted by Gasteiger charge is -2.18. The SMILES string of the molecule is COc1c(C(=O)NC(CO)c2ccccc2)ccc2n[nH]c(/C=C/c3cccs3)c12. The Kier molecular flexibility index (Phi) is 5.92. The van der Waals surface area contributed by atoms with E-state index in [9.17, 15) is 9.90 Å². The Labute approximate surface area is 177 Å². The Morgan fingerprint density at radius 2 is 2.03 bits per heavy atom. The summed E-state index contributed by atoms with van der Waals surface area (Å²) in [6, 6.07) is 16.3. The van der Waals surface area contributed by atoms with Crippen molar-refractivity contribution in [3.8, 4) is 5.75 Å². The van der Waals surface area contributed by atoms with Gasteiger partial charge < -0.3 is 15.2 Å². The minimum absolute atomic E-state index is 0.208. The molecule has 4 aromatic rings. The van der Waals surface area contributed by atoms with Crippen LogP contribution in [0.1, 0.15) is 32.5 Å². The van der Waals surface area contributed by atoms with Crippen LogP contribution in [0.5, 0.6) is 5.75 Å². The van der Waals surface area contributed by atoms with Crippen molar-refractivity contribution < 1.29 is 14.6 Å². The second-order valence-electron chi connectivity index (χ2n) is 6.65. The van der Waals surface area contributed by atoms with Crippen LogP contribution in [0.15, 0.2) is 60.0 Å². The number of H-pyrrole nitrogens is 1. The molecule has 0 fully saturated rings. The summed E-state index contributed by atoms with van der Waals surface area (Å²) in [5.74, 6) is 0.111. The number of carbonyl (C=O) groups is 1. The van der Waals surface area contributed by atoms with E-state index < -0.39 is 6.04 Å². The number of aromatic amines is 1. The monoisotopic (exact) mass is 419 g/mol. The first-order valence-corrected chi connectivity index (χ1v) is 10.3. The minimum atomic E-state index is -0.512. The summed E-state index contributed by atoms with van der Waals surface area (Å²) in [5.41, 5.74) is 2.67. The van der Waals surface area contributed by atoms with Crippen molar-refractivity contribution in [2.24, 2.45) is 0 Å². The summed E-state index contributed by atoms with van der Waals surface area (Å²) in [5, 5.41) is 22.7. The van der Waals surface area contributed by atoms with Gasteiger partial charge >= 0.3 is 0 Å². The molecule has 1 atom stereocenters. The van der Waals surface area contributed by atoms with Crippen LogP contribution in [0.25, 0.3) is 23.1 Å². The third kappa shape index (κ3) is 3.98. The first-order chi connectivity index (χ1) is 14.7. The molecule has 1 amide bonds. The zero-order valence-corrected chi connectivity index (χ0v) is 17.1. The van der Waals surface area contributed by atoms with Crippen molar-refractivity contribution in [1.29, 1.82) is 0 Å². The fraction of sp³-hybridized carbons (Fsp3) is 0.130. The van der Waals surface area contributed by atoms with Gasteiger partial charge in [-0.05, 0) is 41.3 Å². The second kappa shape index (κ2) is 8.94. The number of fused-ring (bicyclic) bond motifs is 1. The highest BCUT2D eigenvalue weighted by Crippen LogP contribution is 2.32. The number of aliphatic hydroxyl groups is 1. The van der Waals surface area contributed by atoms with Gasteiger partial charge in [0.2, 0.25) is 0 Å². The van der Waals surface area contributed by atoms with E-state index in [1.54, 1.807) is 23.5 Å². The molecule has 2 aromatic carbocycles. The van der Waals surface area contributed by atoms with Crippen LogP contribution < -0.4 is 10.1 Å². The Morgan fingerprint density at radius 3 is 2.73 bits per heavy atom. The summed E-state index contributed by atoms with van der Waals surface area (Å²) >= 11 is 1.64. The van der Waals surface area contributed by atoms with Gasteiger partial charge in [-0.1, -0.05) is 36.4 Å². The summed E-state index contributed by atoms with van der Waals surface area (Å²) in [6.07, 6.45) is 3.91. The zero-order valence-electron chi connectivity index (χ0n) is 16.3. The lowest BCUT2D eigenvalue weighted by molar-refractivity contribution is 0.0913. The summed E-state index contributed by atoms with van der Waals surface area (Å²) in [7, 11) is 1.53. The van der Waals surface area contributed by atoms with Crippen molar-refractivity contribution in [3.05, 3.63) is 81.7 Å². The lowest BCUT2D eigenvalue weighted by Crippen LogP contribution is -2.31. The topological polar surface area (TPSA) is 87.2 Å². The first kappa shape index (κ1) is 19.9. The molecular weight excluding hydrogens is 398 g/mol. The second-order valence-corrected chi connectivity index (χ2v) is 7.63. The molecule has 0 saturated carbocycles. The van der Waals surface area contributed by atoms with E-state index >= 15 is 0 Å². The van der Waals surface area contributed by atoms with Crippen LogP contribution in [0.4, 0.5) is 0 Å². The van der Waals surface area contributed by atoms with E-state index in [4.69, 9.17) is 4.74 Å². The molecule has 1 unspecified atom stereocenters. The number of nitrogens with one attached hydrogen (secondary N) is 2. The summed E-state index contributed by atoms with van der Waals surface area (Å²) in [6.45, 7) is -0.208. The highest BCUT2D eigenvalue weighted by molar-refractivity contribution is 7.10. The van der Waals surface area contributed by atoms with Gasteiger partial charge in [-0.15, -0.1) is 11.3 Å². The van der Waals surface area contributed by atoms with Gasteiger partial charge in [0.1, 0.15) is 5.75 Å². The van der Waals surface area contributed by atoms with Gasteiger partial charge in [0.25, 0.3) is 5.91 Å². The Bertz CT molecular complexity index is 1170. The first-order valence-electron chi connectivity index (χ1n) is 9.44. The van der Waals surface area contributed by atoms with E-state index in [1.165, 1.54) is 7.11 Å². The number of amides is 1. The maximum Gasteiger partial charge on any atom is 0.255 e. The maximum absolute atomic E-state index is 13.0. The fourth-order valence-corrected chi connectivity index (χ4v) is 3.94. The van der Waals surface area contributed by atoms with Crippen molar-refractivity contribution in [3.63, 3.8) is 0 Å². The van der Waals surface area contributed by atoms with E-state index in [0.29, 0.717) is 16.8 Å². The highest BCUT2D eigenvalue weighted by atomic mass is 32.1. The number of rotatable bonds is 7. The lowest BCUT2D eigenvalue weighted by atomic mass is 10.0. The average Bonchev–Trinajstić information content (AvgIpc) is 3.45. The molecule has 2 aromatic heterocycles. The quantitative estimate of drug-likeness (QED) is 0.418.